The molecule has 1 aliphatic heterocycles. The molecule has 3 atom stereocenters. The Kier molecular flexibility index (Phi) is 4.44. The van der Waals surface area contributed by atoms with Crippen LogP contribution in [0.4, 0.5) is 0 Å². The van der Waals surface area contributed by atoms with Crippen LogP contribution < -0.4 is 5.73 Å². The molecule has 3 N–H and O–H groups in total. The number of rotatable bonds is 4. The number of aliphatic hydroxyl groups is 1. The highest BCUT2D eigenvalue weighted by molar-refractivity contribution is 7.89. The summed E-state index contributed by atoms with van der Waals surface area (Å²) >= 11 is 0. The van der Waals surface area contributed by atoms with E-state index < -0.39 is 21.5 Å². The lowest BCUT2D eigenvalue weighted by Crippen LogP contribution is -2.44. The molecule has 1 saturated carbocycles. The van der Waals surface area contributed by atoms with Crippen LogP contribution in [0.25, 0.3) is 0 Å². The molecule has 1 heterocycles. The maximum absolute atomic E-state index is 12.9. The van der Waals surface area contributed by atoms with Crippen molar-refractivity contribution in [2.24, 2.45) is 17.6 Å². The molecule has 3 rings (SSSR count). The van der Waals surface area contributed by atoms with Gasteiger partial charge in [0.15, 0.2) is 0 Å². The van der Waals surface area contributed by atoms with Gasteiger partial charge in [-0.2, -0.15) is 4.31 Å². The summed E-state index contributed by atoms with van der Waals surface area (Å²) in [6.45, 7) is 2.77. The zero-order chi connectivity index (χ0) is 17.5. The Morgan fingerprint density at radius 3 is 2.58 bits per heavy atom. The first-order valence-electron chi connectivity index (χ1n) is 8.40. The molecule has 1 aromatic carbocycles. The van der Waals surface area contributed by atoms with Crippen molar-refractivity contribution in [1.29, 1.82) is 0 Å². The molecule has 2 fully saturated rings. The van der Waals surface area contributed by atoms with Crippen LogP contribution in [0.1, 0.15) is 43.0 Å². The standard InChI is InChI=1S/C17H24N2O4S/c1-2-17(21)9-3-4-13-10-19(11-15(13)17)24(22,23)14-7-5-12(6-8-14)16(18)20/h5-8,13,15,21H,2-4,9-11H2,1H3,(H2,18,20)/t13-,15+,17-/m1/s1. The molecular formula is C17H24N2O4S. The van der Waals surface area contributed by atoms with Gasteiger partial charge in [-0.1, -0.05) is 13.3 Å². The summed E-state index contributed by atoms with van der Waals surface area (Å²) < 4.78 is 27.3. The number of nitrogens with two attached hydrogens (primary N) is 1. The quantitative estimate of drug-likeness (QED) is 0.854. The van der Waals surface area contributed by atoms with E-state index in [9.17, 15) is 18.3 Å². The topological polar surface area (TPSA) is 101 Å². The Labute approximate surface area is 142 Å². The van der Waals surface area contributed by atoms with Gasteiger partial charge in [0.2, 0.25) is 15.9 Å². The number of benzene rings is 1. The van der Waals surface area contributed by atoms with Crippen LogP contribution in [0.5, 0.6) is 0 Å². The van der Waals surface area contributed by atoms with E-state index in [4.69, 9.17) is 5.73 Å². The zero-order valence-corrected chi connectivity index (χ0v) is 14.6. The molecule has 1 saturated heterocycles. The molecule has 0 bridgehead atoms. The van der Waals surface area contributed by atoms with E-state index in [-0.39, 0.29) is 22.3 Å². The van der Waals surface area contributed by atoms with Crippen LogP contribution >= 0.6 is 0 Å². The lowest BCUT2D eigenvalue weighted by Gasteiger charge is -2.40. The molecular weight excluding hydrogens is 328 g/mol. The van der Waals surface area contributed by atoms with Crippen LogP contribution in [-0.4, -0.2) is 42.4 Å². The van der Waals surface area contributed by atoms with Crippen molar-refractivity contribution < 1.29 is 18.3 Å². The van der Waals surface area contributed by atoms with Crippen molar-refractivity contribution in [3.8, 4) is 0 Å². The molecule has 1 aromatic rings. The Hall–Kier alpha value is -1.44. The molecule has 132 valence electrons. The second kappa shape index (κ2) is 6.13. The van der Waals surface area contributed by atoms with E-state index in [1.54, 1.807) is 0 Å². The minimum atomic E-state index is -3.63. The second-order valence-electron chi connectivity index (χ2n) is 6.93. The maximum Gasteiger partial charge on any atom is 0.248 e. The zero-order valence-electron chi connectivity index (χ0n) is 13.8. The maximum atomic E-state index is 12.9. The highest BCUT2D eigenvalue weighted by Crippen LogP contribution is 2.45. The summed E-state index contributed by atoms with van der Waals surface area (Å²) in [6, 6.07) is 5.70. The van der Waals surface area contributed by atoms with Crippen molar-refractivity contribution in [2.45, 2.75) is 43.1 Å². The molecule has 6 nitrogen and oxygen atoms in total. The molecule has 0 radical (unpaired) electrons. The van der Waals surface area contributed by atoms with Gasteiger partial charge in [-0.15, -0.1) is 0 Å². The predicted octanol–water partition coefficient (Wildman–Crippen LogP) is 1.35. The number of nitrogens with zero attached hydrogens (tertiary/aromatic N) is 1. The fourth-order valence-corrected chi connectivity index (χ4v) is 5.69. The molecule has 0 aromatic heterocycles. The van der Waals surface area contributed by atoms with Gasteiger partial charge in [-0.25, -0.2) is 8.42 Å². The van der Waals surface area contributed by atoms with Crippen LogP contribution in [0, 0.1) is 11.8 Å². The highest BCUT2D eigenvalue weighted by atomic mass is 32.2. The first-order valence-corrected chi connectivity index (χ1v) is 9.84. The van der Waals surface area contributed by atoms with E-state index in [1.165, 1.54) is 28.6 Å². The smallest absolute Gasteiger partial charge is 0.248 e. The summed E-state index contributed by atoms with van der Waals surface area (Å²) in [5.41, 5.74) is 4.71. The SMILES string of the molecule is CC[C@@]1(O)CCC[C@@H]2CN(S(=O)(=O)c3ccc(C(N)=O)cc3)C[C@@H]21. The average molecular weight is 352 g/mol. The number of hydrogen-bond donors (Lipinski definition) is 2. The summed E-state index contributed by atoms with van der Waals surface area (Å²) in [6.07, 6.45) is 3.29. The predicted molar refractivity (Wildman–Crippen MR) is 89.8 cm³/mol. The fraction of sp³-hybridized carbons (Fsp3) is 0.588. The molecule has 0 unspecified atom stereocenters. The Balaban J connectivity index is 1.85. The van der Waals surface area contributed by atoms with Crippen LogP contribution in [0.3, 0.4) is 0 Å². The van der Waals surface area contributed by atoms with Crippen molar-refractivity contribution >= 4 is 15.9 Å². The van der Waals surface area contributed by atoms with Crippen LogP contribution in [-0.2, 0) is 10.0 Å². The Morgan fingerprint density at radius 2 is 2.00 bits per heavy atom. The third-order valence-corrected chi connectivity index (χ3v) is 7.52. The number of sulfonamides is 1. The molecule has 0 spiro atoms. The van der Waals surface area contributed by atoms with Gasteiger partial charge in [0.05, 0.1) is 10.5 Å². The van der Waals surface area contributed by atoms with E-state index in [0.717, 1.165) is 19.3 Å². The Bertz CT molecular complexity index is 731. The lowest BCUT2D eigenvalue weighted by atomic mass is 9.69. The first kappa shape index (κ1) is 17.4. The van der Waals surface area contributed by atoms with Crippen molar-refractivity contribution in [2.75, 3.05) is 13.1 Å². The summed E-state index contributed by atoms with van der Waals surface area (Å²) in [7, 11) is -3.63. The Morgan fingerprint density at radius 1 is 1.33 bits per heavy atom. The monoisotopic (exact) mass is 352 g/mol. The van der Waals surface area contributed by atoms with Crippen molar-refractivity contribution in [3.05, 3.63) is 29.8 Å². The highest BCUT2D eigenvalue weighted by Gasteiger charge is 2.50. The van der Waals surface area contributed by atoms with Gasteiger partial charge in [-0.3, -0.25) is 4.79 Å². The number of carbonyl (C=O) groups excluding carboxylic acids is 1. The number of carbonyl (C=O) groups is 1. The van der Waals surface area contributed by atoms with Gasteiger partial charge >= 0.3 is 0 Å². The molecule has 2 aliphatic rings. The fourth-order valence-electron chi connectivity index (χ4n) is 4.16. The summed E-state index contributed by atoms with van der Waals surface area (Å²) in [5, 5.41) is 10.8. The van der Waals surface area contributed by atoms with Gasteiger partial charge < -0.3 is 10.8 Å². The van der Waals surface area contributed by atoms with Crippen molar-refractivity contribution in [3.63, 3.8) is 0 Å². The largest absolute Gasteiger partial charge is 0.390 e. The van der Waals surface area contributed by atoms with Gasteiger partial charge in [-0.05, 0) is 49.4 Å². The van der Waals surface area contributed by atoms with Gasteiger partial charge in [0, 0.05) is 24.6 Å². The summed E-state index contributed by atoms with van der Waals surface area (Å²) in [5.74, 6) is -0.376. The normalized spacial score (nSPS) is 30.9. The van der Waals surface area contributed by atoms with E-state index >= 15 is 0 Å². The third-order valence-electron chi connectivity index (χ3n) is 5.67. The van der Waals surface area contributed by atoms with Crippen molar-refractivity contribution in [1.82, 2.24) is 4.31 Å². The number of fused-ring (bicyclic) bond motifs is 1. The van der Waals surface area contributed by atoms with E-state index in [1.807, 2.05) is 6.92 Å². The summed E-state index contributed by atoms with van der Waals surface area (Å²) in [4.78, 5) is 11.3. The van der Waals surface area contributed by atoms with Gasteiger partial charge in [0.25, 0.3) is 0 Å². The van der Waals surface area contributed by atoms with Crippen LogP contribution in [0.2, 0.25) is 0 Å². The lowest BCUT2D eigenvalue weighted by molar-refractivity contribution is -0.0605. The van der Waals surface area contributed by atoms with Gasteiger partial charge in [0.1, 0.15) is 0 Å². The molecule has 24 heavy (non-hydrogen) atoms. The molecule has 1 aliphatic carbocycles. The van der Waals surface area contributed by atoms with Crippen LogP contribution in [0.15, 0.2) is 29.2 Å². The molecule has 1 amide bonds. The average Bonchev–Trinajstić information content (AvgIpc) is 3.02. The third kappa shape index (κ3) is 2.85. The van der Waals surface area contributed by atoms with E-state index in [2.05, 4.69) is 0 Å². The number of hydrogen-bond acceptors (Lipinski definition) is 4. The minimum absolute atomic E-state index is 0.00378. The first-order chi connectivity index (χ1) is 11.3. The number of primary amides is 1. The number of amides is 1. The molecule has 7 heteroatoms. The van der Waals surface area contributed by atoms with E-state index in [0.29, 0.717) is 19.5 Å². The second-order valence-corrected chi connectivity index (χ2v) is 8.86. The minimum Gasteiger partial charge on any atom is -0.390 e.